The number of esters is 1. The van der Waals surface area contributed by atoms with E-state index in [1.807, 2.05) is 30.3 Å². The van der Waals surface area contributed by atoms with Crippen molar-refractivity contribution in [1.82, 2.24) is 5.32 Å². The largest absolute Gasteiger partial charge is 0.454 e. The van der Waals surface area contributed by atoms with Crippen molar-refractivity contribution in [3.63, 3.8) is 0 Å². The molecule has 0 bridgehead atoms. The van der Waals surface area contributed by atoms with Gasteiger partial charge in [-0.1, -0.05) is 39.0 Å². The molecule has 0 saturated heterocycles. The van der Waals surface area contributed by atoms with Crippen LogP contribution in [0.3, 0.4) is 0 Å². The summed E-state index contributed by atoms with van der Waals surface area (Å²) in [7, 11) is 0. The van der Waals surface area contributed by atoms with E-state index in [9.17, 15) is 14.4 Å². The van der Waals surface area contributed by atoms with Crippen LogP contribution in [0.2, 0.25) is 0 Å². The summed E-state index contributed by atoms with van der Waals surface area (Å²) >= 11 is 0. The number of hydrogen-bond donors (Lipinski definition) is 2. The topological polar surface area (TPSA) is 109 Å². The Morgan fingerprint density at radius 2 is 1.50 bits per heavy atom. The van der Waals surface area contributed by atoms with Crippen molar-refractivity contribution in [2.75, 3.05) is 11.9 Å². The zero-order valence-electron chi connectivity index (χ0n) is 17.5. The van der Waals surface area contributed by atoms with Crippen LogP contribution < -0.4 is 10.6 Å². The zero-order valence-corrected chi connectivity index (χ0v) is 17.5. The van der Waals surface area contributed by atoms with Gasteiger partial charge in [-0.2, -0.15) is 10.2 Å². The maximum Gasteiger partial charge on any atom is 0.328 e. The number of nitrogens with one attached hydrogen (secondary N) is 2. The highest BCUT2D eigenvalue weighted by Crippen LogP contribution is 2.20. The minimum atomic E-state index is -0.848. The van der Waals surface area contributed by atoms with Gasteiger partial charge in [0.2, 0.25) is 5.91 Å². The van der Waals surface area contributed by atoms with Gasteiger partial charge < -0.3 is 15.4 Å². The van der Waals surface area contributed by atoms with Crippen LogP contribution in [-0.2, 0) is 19.1 Å². The molecule has 0 spiro atoms. The highest BCUT2D eigenvalue weighted by atomic mass is 16.5. The summed E-state index contributed by atoms with van der Waals surface area (Å²) in [6.45, 7) is 6.27. The van der Waals surface area contributed by atoms with Gasteiger partial charge in [0.25, 0.3) is 5.91 Å². The highest BCUT2D eigenvalue weighted by molar-refractivity contribution is 5.93. The van der Waals surface area contributed by atoms with Gasteiger partial charge in [0.1, 0.15) is 6.04 Å². The zero-order chi connectivity index (χ0) is 22.1. The molecule has 8 heteroatoms. The van der Waals surface area contributed by atoms with E-state index in [0.717, 1.165) is 5.69 Å². The van der Waals surface area contributed by atoms with E-state index in [4.69, 9.17) is 4.74 Å². The van der Waals surface area contributed by atoms with Crippen molar-refractivity contribution in [2.45, 2.75) is 33.7 Å². The highest BCUT2D eigenvalue weighted by Gasteiger charge is 2.26. The molecule has 0 aliphatic carbocycles. The van der Waals surface area contributed by atoms with E-state index in [2.05, 4.69) is 20.9 Å². The average Bonchev–Trinajstić information content (AvgIpc) is 2.71. The Labute approximate surface area is 175 Å². The third-order valence-corrected chi connectivity index (χ3v) is 3.92. The van der Waals surface area contributed by atoms with Gasteiger partial charge in [-0.25, -0.2) is 4.79 Å². The molecule has 2 N–H and O–H groups in total. The van der Waals surface area contributed by atoms with E-state index < -0.39 is 29.9 Å². The molecule has 0 aliphatic rings. The first-order valence-electron chi connectivity index (χ1n) is 9.49. The molecule has 0 heterocycles. The fraction of sp³-hybridized carbons (Fsp3) is 0.318. The normalized spacial score (nSPS) is 12.3. The van der Waals surface area contributed by atoms with Crippen LogP contribution in [0.15, 0.2) is 64.8 Å². The molecule has 0 aliphatic heterocycles. The van der Waals surface area contributed by atoms with Crippen LogP contribution in [0.5, 0.6) is 0 Å². The van der Waals surface area contributed by atoms with E-state index >= 15 is 0 Å². The lowest BCUT2D eigenvalue weighted by Crippen LogP contribution is -2.45. The molecule has 2 aromatic rings. The monoisotopic (exact) mass is 410 g/mol. The molecule has 2 rings (SSSR count). The standard InChI is InChI=1S/C22H26N4O4/c1-15(23-21(29)22(2,3)4)20(28)30-14-19(27)24-16-10-12-18(13-11-16)26-25-17-8-6-5-7-9-17/h5-13,15H,14H2,1-4H3,(H,23,29)(H,24,27). The van der Waals surface area contributed by atoms with Gasteiger partial charge in [0.05, 0.1) is 11.4 Å². The summed E-state index contributed by atoms with van der Waals surface area (Å²) in [5, 5.41) is 13.4. The third kappa shape index (κ3) is 7.46. The molecule has 0 aromatic heterocycles. The Bertz CT molecular complexity index is 903. The fourth-order valence-electron chi connectivity index (χ4n) is 2.15. The second kappa shape index (κ2) is 10.3. The molecule has 1 atom stereocenters. The fourth-order valence-corrected chi connectivity index (χ4v) is 2.15. The van der Waals surface area contributed by atoms with Gasteiger partial charge in [0.15, 0.2) is 6.61 Å². The van der Waals surface area contributed by atoms with Crippen molar-refractivity contribution in [1.29, 1.82) is 0 Å². The summed E-state index contributed by atoms with van der Waals surface area (Å²) in [4.78, 5) is 35.9. The summed E-state index contributed by atoms with van der Waals surface area (Å²) < 4.78 is 4.96. The maximum atomic E-state index is 12.0. The number of hydrogen-bond acceptors (Lipinski definition) is 6. The van der Waals surface area contributed by atoms with E-state index in [1.54, 1.807) is 45.0 Å². The van der Waals surface area contributed by atoms with Crippen molar-refractivity contribution in [3.8, 4) is 0 Å². The predicted molar refractivity (Wildman–Crippen MR) is 114 cm³/mol. The lowest BCUT2D eigenvalue weighted by Gasteiger charge is -2.20. The van der Waals surface area contributed by atoms with Gasteiger partial charge in [0, 0.05) is 11.1 Å². The van der Waals surface area contributed by atoms with E-state index in [0.29, 0.717) is 11.4 Å². The molecule has 8 nitrogen and oxygen atoms in total. The smallest absolute Gasteiger partial charge is 0.328 e. The summed E-state index contributed by atoms with van der Waals surface area (Å²) in [5.74, 6) is -1.45. The van der Waals surface area contributed by atoms with Crippen molar-refractivity contribution in [2.24, 2.45) is 15.6 Å². The number of carbonyl (C=O) groups is 3. The Kier molecular flexibility index (Phi) is 7.80. The van der Waals surface area contributed by atoms with Gasteiger partial charge in [-0.3, -0.25) is 9.59 Å². The molecule has 0 fully saturated rings. The first-order chi connectivity index (χ1) is 14.1. The molecular formula is C22H26N4O4. The van der Waals surface area contributed by atoms with E-state index in [-0.39, 0.29) is 5.91 Å². The number of azo groups is 1. The first kappa shape index (κ1) is 22.7. The molecule has 158 valence electrons. The number of ether oxygens (including phenoxy) is 1. The molecule has 2 amide bonds. The Hall–Kier alpha value is -3.55. The summed E-state index contributed by atoms with van der Waals surface area (Å²) in [6, 6.07) is 15.2. The number of carbonyl (C=O) groups excluding carboxylic acids is 3. The average molecular weight is 410 g/mol. The number of rotatable bonds is 7. The predicted octanol–water partition coefficient (Wildman–Crippen LogP) is 4.13. The lowest BCUT2D eigenvalue weighted by atomic mass is 9.95. The molecule has 0 saturated carbocycles. The minimum Gasteiger partial charge on any atom is -0.454 e. The molecular weight excluding hydrogens is 384 g/mol. The SMILES string of the molecule is CC(NC(=O)C(C)(C)C)C(=O)OCC(=O)Nc1ccc(N=Nc2ccccc2)cc1. The van der Waals surface area contributed by atoms with Gasteiger partial charge >= 0.3 is 5.97 Å². The molecule has 2 aromatic carbocycles. The summed E-state index contributed by atoms with van der Waals surface area (Å²) in [6.07, 6.45) is 0. The third-order valence-electron chi connectivity index (χ3n) is 3.92. The second-order valence-corrected chi connectivity index (χ2v) is 7.68. The van der Waals surface area contributed by atoms with Crippen LogP contribution in [0.4, 0.5) is 17.1 Å². The Morgan fingerprint density at radius 3 is 2.07 bits per heavy atom. The number of benzene rings is 2. The molecule has 30 heavy (non-hydrogen) atoms. The van der Waals surface area contributed by atoms with Crippen LogP contribution >= 0.6 is 0 Å². The molecule has 1 unspecified atom stereocenters. The van der Waals surface area contributed by atoms with E-state index in [1.165, 1.54) is 6.92 Å². The van der Waals surface area contributed by atoms with Crippen LogP contribution in [-0.4, -0.2) is 30.4 Å². The van der Waals surface area contributed by atoms with Crippen molar-refractivity contribution >= 4 is 34.8 Å². The van der Waals surface area contributed by atoms with Crippen LogP contribution in [0.25, 0.3) is 0 Å². The summed E-state index contributed by atoms with van der Waals surface area (Å²) in [5.41, 5.74) is 1.28. The minimum absolute atomic E-state index is 0.277. The van der Waals surface area contributed by atoms with Crippen LogP contribution in [0, 0.1) is 5.41 Å². The maximum absolute atomic E-state index is 12.0. The van der Waals surface area contributed by atoms with Crippen molar-refractivity contribution in [3.05, 3.63) is 54.6 Å². The molecule has 0 radical (unpaired) electrons. The Morgan fingerprint density at radius 1 is 0.933 bits per heavy atom. The van der Waals surface area contributed by atoms with Gasteiger partial charge in [-0.05, 0) is 43.3 Å². The number of nitrogens with zero attached hydrogens (tertiary/aromatic N) is 2. The van der Waals surface area contributed by atoms with Crippen LogP contribution in [0.1, 0.15) is 27.7 Å². The first-order valence-corrected chi connectivity index (χ1v) is 9.49. The number of amides is 2. The van der Waals surface area contributed by atoms with Gasteiger partial charge in [-0.15, -0.1) is 0 Å². The Balaban J connectivity index is 1.80. The number of anilines is 1. The quantitative estimate of drug-likeness (QED) is 0.528. The second-order valence-electron chi connectivity index (χ2n) is 7.68. The lowest BCUT2D eigenvalue weighted by molar-refractivity contribution is -0.150. The van der Waals surface area contributed by atoms with Crippen molar-refractivity contribution < 1.29 is 19.1 Å².